The summed E-state index contributed by atoms with van der Waals surface area (Å²) in [6, 6.07) is 11.8. The van der Waals surface area contributed by atoms with E-state index in [1.807, 2.05) is 19.1 Å². The van der Waals surface area contributed by atoms with Crippen LogP contribution in [0.1, 0.15) is 12.5 Å². The average Bonchev–Trinajstić information content (AvgIpc) is 2.51. The molecule has 0 aliphatic carbocycles. The number of rotatable bonds is 3. The molecule has 0 aromatic heterocycles. The monoisotopic (exact) mass is 389 g/mol. The van der Waals surface area contributed by atoms with Crippen molar-refractivity contribution < 1.29 is 14.4 Å². The molecule has 3 amide bonds. The van der Waals surface area contributed by atoms with Crippen molar-refractivity contribution >= 4 is 50.7 Å². The summed E-state index contributed by atoms with van der Waals surface area (Å²) in [6.07, 6.45) is 0. The minimum absolute atomic E-state index is 0.185. The van der Waals surface area contributed by atoms with Crippen molar-refractivity contribution in [3.63, 3.8) is 0 Å². The molecule has 2 aromatic carbocycles. The van der Waals surface area contributed by atoms with E-state index < -0.39 is 11.8 Å². The molecule has 0 aliphatic rings. The van der Waals surface area contributed by atoms with Gasteiger partial charge in [0.2, 0.25) is 5.91 Å². The highest BCUT2D eigenvalue weighted by Gasteiger charge is 2.15. The van der Waals surface area contributed by atoms with Gasteiger partial charge in [-0.3, -0.25) is 14.4 Å². The van der Waals surface area contributed by atoms with Crippen LogP contribution in [-0.2, 0) is 14.4 Å². The zero-order valence-corrected chi connectivity index (χ0v) is 14.7. The molecule has 0 bridgehead atoms. The van der Waals surface area contributed by atoms with E-state index in [2.05, 4.69) is 31.9 Å². The second kappa shape index (κ2) is 7.74. The molecule has 0 heterocycles. The first-order chi connectivity index (χ1) is 11.3. The van der Waals surface area contributed by atoms with Crippen LogP contribution in [-0.4, -0.2) is 17.7 Å². The molecule has 124 valence electrons. The Labute approximate surface area is 147 Å². The summed E-state index contributed by atoms with van der Waals surface area (Å²) >= 11 is 3.34. The molecule has 0 atom stereocenters. The summed E-state index contributed by atoms with van der Waals surface area (Å²) in [6.45, 7) is 3.33. The quantitative estimate of drug-likeness (QED) is 0.703. The smallest absolute Gasteiger partial charge is 0.314 e. The number of carbonyl (C=O) groups excluding carboxylic acids is 3. The van der Waals surface area contributed by atoms with Gasteiger partial charge in [-0.05, 0) is 64.8 Å². The van der Waals surface area contributed by atoms with Crippen LogP contribution in [0.2, 0.25) is 0 Å². The van der Waals surface area contributed by atoms with Crippen molar-refractivity contribution in [2.75, 3.05) is 16.0 Å². The highest BCUT2D eigenvalue weighted by atomic mass is 79.9. The molecule has 7 heteroatoms. The van der Waals surface area contributed by atoms with Crippen molar-refractivity contribution in [1.29, 1.82) is 0 Å². The fraction of sp³-hybridized carbons (Fsp3) is 0.118. The number of carbonyl (C=O) groups is 3. The second-order valence-corrected chi connectivity index (χ2v) is 6.00. The molecule has 0 aliphatic heterocycles. The number of amides is 3. The zero-order chi connectivity index (χ0) is 17.7. The lowest BCUT2D eigenvalue weighted by atomic mass is 10.2. The van der Waals surface area contributed by atoms with E-state index in [4.69, 9.17) is 0 Å². The minimum atomic E-state index is -0.783. The third kappa shape index (κ3) is 4.92. The maximum absolute atomic E-state index is 12.0. The van der Waals surface area contributed by atoms with Crippen LogP contribution >= 0.6 is 15.9 Å². The van der Waals surface area contributed by atoms with E-state index in [1.165, 1.54) is 6.92 Å². The van der Waals surface area contributed by atoms with Gasteiger partial charge in [0.1, 0.15) is 0 Å². The van der Waals surface area contributed by atoms with Gasteiger partial charge in [-0.1, -0.05) is 6.07 Å². The third-order valence-electron chi connectivity index (χ3n) is 3.04. The van der Waals surface area contributed by atoms with E-state index >= 15 is 0 Å². The molecule has 0 saturated carbocycles. The molecule has 3 N–H and O–H groups in total. The predicted molar refractivity (Wildman–Crippen MR) is 96.9 cm³/mol. The van der Waals surface area contributed by atoms with E-state index in [9.17, 15) is 14.4 Å². The maximum Gasteiger partial charge on any atom is 0.314 e. The highest BCUT2D eigenvalue weighted by molar-refractivity contribution is 9.10. The highest BCUT2D eigenvalue weighted by Crippen LogP contribution is 2.23. The molecular formula is C17H16BrN3O3. The summed E-state index contributed by atoms with van der Waals surface area (Å²) in [5.41, 5.74) is 2.60. The zero-order valence-electron chi connectivity index (χ0n) is 13.1. The fourth-order valence-electron chi connectivity index (χ4n) is 1.93. The van der Waals surface area contributed by atoms with Gasteiger partial charge in [0.05, 0.1) is 5.69 Å². The average molecular weight is 390 g/mol. The summed E-state index contributed by atoms with van der Waals surface area (Å²) in [4.78, 5) is 34.9. The van der Waals surface area contributed by atoms with Crippen molar-refractivity contribution in [3.8, 4) is 0 Å². The van der Waals surface area contributed by atoms with Crippen molar-refractivity contribution in [1.82, 2.24) is 0 Å². The van der Waals surface area contributed by atoms with Gasteiger partial charge in [0, 0.05) is 22.8 Å². The second-order valence-electron chi connectivity index (χ2n) is 5.15. The lowest BCUT2D eigenvalue weighted by molar-refractivity contribution is -0.133. The molecule has 0 spiro atoms. The Kier molecular flexibility index (Phi) is 5.70. The standard InChI is InChI=1S/C17H16BrN3O3/c1-10-3-8-15(14(18)9-10)21-17(24)16(23)20-13-6-4-12(5-7-13)19-11(2)22/h3-9H,1-2H3,(H,19,22)(H,20,23)(H,21,24). The Morgan fingerprint density at radius 1 is 0.833 bits per heavy atom. The molecule has 2 aromatic rings. The molecule has 0 unspecified atom stereocenters. The first kappa shape index (κ1) is 17.7. The van der Waals surface area contributed by atoms with Crippen LogP contribution < -0.4 is 16.0 Å². The topological polar surface area (TPSA) is 87.3 Å². The first-order valence-electron chi connectivity index (χ1n) is 7.11. The van der Waals surface area contributed by atoms with Gasteiger partial charge in [0.15, 0.2) is 0 Å². The van der Waals surface area contributed by atoms with Crippen LogP contribution in [0.25, 0.3) is 0 Å². The number of halogens is 1. The Morgan fingerprint density at radius 2 is 1.38 bits per heavy atom. The van der Waals surface area contributed by atoms with Crippen LogP contribution in [0.4, 0.5) is 17.1 Å². The largest absolute Gasteiger partial charge is 0.326 e. The lowest BCUT2D eigenvalue weighted by Crippen LogP contribution is -2.29. The number of nitrogens with one attached hydrogen (secondary N) is 3. The third-order valence-corrected chi connectivity index (χ3v) is 3.70. The fourth-order valence-corrected chi connectivity index (χ4v) is 2.52. The number of hydrogen-bond donors (Lipinski definition) is 3. The Morgan fingerprint density at radius 3 is 1.92 bits per heavy atom. The van der Waals surface area contributed by atoms with Crippen LogP contribution in [0.15, 0.2) is 46.9 Å². The van der Waals surface area contributed by atoms with E-state index in [-0.39, 0.29) is 5.91 Å². The van der Waals surface area contributed by atoms with Gasteiger partial charge in [-0.25, -0.2) is 0 Å². The van der Waals surface area contributed by atoms with Gasteiger partial charge in [-0.2, -0.15) is 0 Å². The number of aryl methyl sites for hydroxylation is 1. The molecule has 0 saturated heterocycles. The number of benzene rings is 2. The molecule has 0 radical (unpaired) electrons. The molecule has 6 nitrogen and oxygen atoms in total. The van der Waals surface area contributed by atoms with Crippen LogP contribution in [0.5, 0.6) is 0 Å². The predicted octanol–water partition coefficient (Wildman–Crippen LogP) is 3.29. The van der Waals surface area contributed by atoms with E-state index in [0.717, 1.165) is 5.56 Å². The van der Waals surface area contributed by atoms with Gasteiger partial charge >= 0.3 is 11.8 Å². The first-order valence-corrected chi connectivity index (χ1v) is 7.90. The normalized spacial score (nSPS) is 9.96. The van der Waals surface area contributed by atoms with Gasteiger partial charge in [0.25, 0.3) is 0 Å². The number of hydrogen-bond acceptors (Lipinski definition) is 3. The SMILES string of the molecule is CC(=O)Nc1ccc(NC(=O)C(=O)Nc2ccc(C)cc2Br)cc1. The summed E-state index contributed by atoms with van der Waals surface area (Å²) in [7, 11) is 0. The maximum atomic E-state index is 12.0. The molecule has 2 rings (SSSR count). The van der Waals surface area contributed by atoms with Crippen molar-refractivity contribution in [2.45, 2.75) is 13.8 Å². The summed E-state index contributed by atoms with van der Waals surface area (Å²) in [5, 5.41) is 7.65. The minimum Gasteiger partial charge on any atom is -0.326 e. The van der Waals surface area contributed by atoms with Crippen molar-refractivity contribution in [3.05, 3.63) is 52.5 Å². The van der Waals surface area contributed by atoms with Crippen molar-refractivity contribution in [2.24, 2.45) is 0 Å². The van der Waals surface area contributed by atoms with Crippen LogP contribution in [0.3, 0.4) is 0 Å². The van der Waals surface area contributed by atoms with Gasteiger partial charge < -0.3 is 16.0 Å². The molecule has 0 fully saturated rings. The Balaban J connectivity index is 1.98. The lowest BCUT2D eigenvalue weighted by Gasteiger charge is -2.09. The summed E-state index contributed by atoms with van der Waals surface area (Å²) < 4.78 is 0.698. The molecular weight excluding hydrogens is 374 g/mol. The van der Waals surface area contributed by atoms with E-state index in [1.54, 1.807) is 30.3 Å². The Hall–Kier alpha value is -2.67. The van der Waals surface area contributed by atoms with E-state index in [0.29, 0.717) is 21.5 Å². The summed E-state index contributed by atoms with van der Waals surface area (Å²) in [5.74, 6) is -1.74. The van der Waals surface area contributed by atoms with Gasteiger partial charge in [-0.15, -0.1) is 0 Å². The van der Waals surface area contributed by atoms with Crippen LogP contribution in [0, 0.1) is 6.92 Å². The molecule has 24 heavy (non-hydrogen) atoms. The number of anilines is 3. The Bertz CT molecular complexity index is 788.